The molecule has 2 rings (SSSR count). The van der Waals surface area contributed by atoms with Crippen LogP contribution in [-0.2, 0) is 16.9 Å². The summed E-state index contributed by atoms with van der Waals surface area (Å²) in [7, 11) is 0. The van der Waals surface area contributed by atoms with Crippen LogP contribution in [0.15, 0.2) is 60.7 Å². The zero-order valence-corrected chi connectivity index (χ0v) is 11.0. The smallest absolute Gasteiger partial charge is 0.317 e. The van der Waals surface area contributed by atoms with Crippen molar-refractivity contribution in [3.63, 3.8) is 0 Å². The average molecular weight is 271 g/mol. The molecule has 0 aliphatic carbocycles. The van der Waals surface area contributed by atoms with Crippen LogP contribution in [0.3, 0.4) is 0 Å². The normalized spacial score (nSPS) is 13.7. The molecule has 0 aromatic heterocycles. The van der Waals surface area contributed by atoms with Gasteiger partial charge in [-0.05, 0) is 11.1 Å². The van der Waals surface area contributed by atoms with Gasteiger partial charge in [0, 0.05) is 6.42 Å². The van der Waals surface area contributed by atoms with Gasteiger partial charge in [0.2, 0.25) is 0 Å². The molecular formula is C16H17NO3. The molecule has 2 aromatic carbocycles. The van der Waals surface area contributed by atoms with Crippen molar-refractivity contribution in [2.24, 2.45) is 0 Å². The second kappa shape index (κ2) is 6.32. The number of rotatable bonds is 6. The summed E-state index contributed by atoms with van der Waals surface area (Å²) >= 11 is 0. The van der Waals surface area contributed by atoms with Gasteiger partial charge in [-0.25, -0.2) is 0 Å². The van der Waals surface area contributed by atoms with Gasteiger partial charge in [-0.1, -0.05) is 60.7 Å². The third-order valence-electron chi connectivity index (χ3n) is 3.09. The van der Waals surface area contributed by atoms with Crippen molar-refractivity contribution >= 4 is 5.97 Å². The van der Waals surface area contributed by atoms with E-state index in [-0.39, 0.29) is 6.54 Å². The van der Waals surface area contributed by atoms with Gasteiger partial charge in [0.25, 0.3) is 0 Å². The van der Waals surface area contributed by atoms with Crippen LogP contribution in [0.1, 0.15) is 11.1 Å². The molecule has 2 aromatic rings. The number of aliphatic carboxylic acids is 1. The molecule has 1 atom stereocenters. The molecule has 1 unspecified atom stereocenters. The highest BCUT2D eigenvalue weighted by atomic mass is 16.4. The van der Waals surface area contributed by atoms with E-state index in [0.29, 0.717) is 12.0 Å². The summed E-state index contributed by atoms with van der Waals surface area (Å²) in [6.45, 7) is -0.307. The van der Waals surface area contributed by atoms with Gasteiger partial charge in [0.05, 0.1) is 6.54 Å². The molecule has 0 heterocycles. The Morgan fingerprint density at radius 3 is 2.10 bits per heavy atom. The Balaban J connectivity index is 2.26. The summed E-state index contributed by atoms with van der Waals surface area (Å²) < 4.78 is 0. The molecule has 0 aliphatic heterocycles. The summed E-state index contributed by atoms with van der Waals surface area (Å²) in [5, 5.41) is 22.3. The Morgan fingerprint density at radius 1 is 1.00 bits per heavy atom. The lowest BCUT2D eigenvalue weighted by atomic mass is 9.95. The first-order valence-electron chi connectivity index (χ1n) is 6.39. The minimum absolute atomic E-state index is 0.297. The summed E-state index contributed by atoms with van der Waals surface area (Å²) in [6, 6.07) is 18.5. The van der Waals surface area contributed by atoms with E-state index in [2.05, 4.69) is 5.32 Å². The fourth-order valence-corrected chi connectivity index (χ4v) is 2.09. The van der Waals surface area contributed by atoms with Gasteiger partial charge >= 0.3 is 5.97 Å². The van der Waals surface area contributed by atoms with Crippen molar-refractivity contribution in [2.75, 3.05) is 6.54 Å². The first-order valence-corrected chi connectivity index (χ1v) is 6.39. The number of benzene rings is 2. The van der Waals surface area contributed by atoms with E-state index in [0.717, 1.165) is 5.56 Å². The molecule has 20 heavy (non-hydrogen) atoms. The van der Waals surface area contributed by atoms with Crippen LogP contribution in [0, 0.1) is 0 Å². The van der Waals surface area contributed by atoms with Crippen molar-refractivity contribution in [3.8, 4) is 0 Å². The zero-order chi connectivity index (χ0) is 14.4. The molecule has 0 fully saturated rings. The van der Waals surface area contributed by atoms with E-state index in [1.54, 1.807) is 12.1 Å². The second-order valence-corrected chi connectivity index (χ2v) is 4.64. The molecule has 0 radical (unpaired) electrons. The molecule has 0 aliphatic rings. The Bertz CT molecular complexity index is 556. The number of carbonyl (C=O) groups is 1. The fourth-order valence-electron chi connectivity index (χ4n) is 2.09. The van der Waals surface area contributed by atoms with Gasteiger partial charge < -0.3 is 10.2 Å². The fraction of sp³-hybridized carbons (Fsp3) is 0.188. The minimum Gasteiger partial charge on any atom is -0.480 e. The van der Waals surface area contributed by atoms with Crippen molar-refractivity contribution in [3.05, 3.63) is 71.8 Å². The summed E-state index contributed by atoms with van der Waals surface area (Å²) in [5.41, 5.74) is 0.169. The van der Waals surface area contributed by atoms with E-state index in [9.17, 15) is 9.90 Å². The Kier molecular flexibility index (Phi) is 4.50. The quantitative estimate of drug-likeness (QED) is 0.700. The lowest BCUT2D eigenvalue weighted by molar-refractivity contribution is -0.138. The van der Waals surface area contributed by atoms with Crippen LogP contribution in [-0.4, -0.2) is 22.7 Å². The van der Waals surface area contributed by atoms with E-state index in [1.807, 2.05) is 48.5 Å². The highest BCUT2D eigenvalue weighted by Gasteiger charge is 2.29. The lowest BCUT2D eigenvalue weighted by Crippen LogP contribution is -2.46. The van der Waals surface area contributed by atoms with E-state index >= 15 is 0 Å². The van der Waals surface area contributed by atoms with E-state index in [4.69, 9.17) is 5.11 Å². The number of hydrogen-bond acceptors (Lipinski definition) is 3. The number of hydrogen-bond donors (Lipinski definition) is 3. The molecule has 0 spiro atoms. The van der Waals surface area contributed by atoms with Crippen LogP contribution >= 0.6 is 0 Å². The van der Waals surface area contributed by atoms with Gasteiger partial charge in [-0.2, -0.15) is 0 Å². The maximum Gasteiger partial charge on any atom is 0.317 e. The highest BCUT2D eigenvalue weighted by molar-refractivity contribution is 5.69. The summed E-state index contributed by atoms with van der Waals surface area (Å²) in [5.74, 6) is -1.01. The van der Waals surface area contributed by atoms with Crippen LogP contribution in [0.25, 0.3) is 0 Å². The number of carboxylic acids is 1. The molecule has 0 saturated carbocycles. The Hall–Kier alpha value is -2.17. The molecule has 104 valence electrons. The third kappa shape index (κ3) is 3.66. The minimum atomic E-state index is -1.40. The number of aliphatic hydroxyl groups is 1. The van der Waals surface area contributed by atoms with Gasteiger partial charge in [-0.3, -0.25) is 10.1 Å². The van der Waals surface area contributed by atoms with Gasteiger partial charge in [0.15, 0.2) is 0 Å². The molecule has 3 N–H and O–H groups in total. The lowest BCUT2D eigenvalue weighted by Gasteiger charge is -2.29. The average Bonchev–Trinajstić information content (AvgIpc) is 2.47. The summed E-state index contributed by atoms with van der Waals surface area (Å²) in [6.07, 6.45) is 0.297. The summed E-state index contributed by atoms with van der Waals surface area (Å²) in [4.78, 5) is 10.8. The maximum absolute atomic E-state index is 10.8. The standard InChI is InChI=1S/C16H17NO3/c18-15(19)12-17-16(20,14-9-5-2-6-10-14)11-13-7-3-1-4-8-13/h1-10,17,20H,11-12H2,(H,18,19). The first-order chi connectivity index (χ1) is 9.60. The molecule has 0 amide bonds. The van der Waals surface area contributed by atoms with Crippen molar-refractivity contribution < 1.29 is 15.0 Å². The van der Waals surface area contributed by atoms with Crippen molar-refractivity contribution in [1.82, 2.24) is 5.32 Å². The Labute approximate surface area is 117 Å². The predicted octanol–water partition coefficient (Wildman–Crippen LogP) is 1.75. The number of nitrogens with one attached hydrogen (secondary N) is 1. The first kappa shape index (κ1) is 14.2. The molecule has 0 saturated heterocycles. The molecule has 0 bridgehead atoms. The van der Waals surface area contributed by atoms with Gasteiger partial charge in [0.1, 0.15) is 5.72 Å². The van der Waals surface area contributed by atoms with Crippen LogP contribution in [0.4, 0.5) is 0 Å². The predicted molar refractivity (Wildman–Crippen MR) is 76.1 cm³/mol. The SMILES string of the molecule is O=C(O)CNC(O)(Cc1ccccc1)c1ccccc1. The maximum atomic E-state index is 10.8. The molecular weight excluding hydrogens is 254 g/mol. The van der Waals surface area contributed by atoms with E-state index < -0.39 is 11.7 Å². The van der Waals surface area contributed by atoms with Crippen LogP contribution in [0.5, 0.6) is 0 Å². The second-order valence-electron chi connectivity index (χ2n) is 4.64. The number of carboxylic acid groups (broad SMARTS) is 1. The van der Waals surface area contributed by atoms with Gasteiger partial charge in [-0.15, -0.1) is 0 Å². The van der Waals surface area contributed by atoms with Crippen molar-refractivity contribution in [2.45, 2.75) is 12.1 Å². The monoisotopic (exact) mass is 271 g/mol. The third-order valence-corrected chi connectivity index (χ3v) is 3.09. The molecule has 4 nitrogen and oxygen atoms in total. The van der Waals surface area contributed by atoms with Crippen molar-refractivity contribution in [1.29, 1.82) is 0 Å². The zero-order valence-electron chi connectivity index (χ0n) is 11.0. The molecule has 4 heteroatoms. The van der Waals surface area contributed by atoms with Crippen LogP contribution < -0.4 is 5.32 Å². The van der Waals surface area contributed by atoms with E-state index in [1.165, 1.54) is 0 Å². The Morgan fingerprint density at radius 2 is 1.55 bits per heavy atom. The largest absolute Gasteiger partial charge is 0.480 e. The highest BCUT2D eigenvalue weighted by Crippen LogP contribution is 2.22. The van der Waals surface area contributed by atoms with Crippen LogP contribution in [0.2, 0.25) is 0 Å². The topological polar surface area (TPSA) is 69.6 Å².